The highest BCUT2D eigenvalue weighted by Gasteiger charge is 2.41. The number of fused-ring (bicyclic) bond motifs is 1. The fraction of sp³-hybridized carbons (Fsp3) is 0.714. The van der Waals surface area contributed by atoms with Crippen molar-refractivity contribution in [1.29, 1.82) is 0 Å². The third-order valence-corrected chi connectivity index (χ3v) is 8.09. The van der Waals surface area contributed by atoms with Gasteiger partial charge in [-0.1, -0.05) is 0 Å². The zero-order valence-electron chi connectivity index (χ0n) is 23.3. The van der Waals surface area contributed by atoms with E-state index in [1.54, 1.807) is 37.7 Å². The third kappa shape index (κ3) is 7.38. The van der Waals surface area contributed by atoms with E-state index in [0.717, 1.165) is 31.2 Å². The minimum atomic E-state index is -2.69. The van der Waals surface area contributed by atoms with Crippen molar-refractivity contribution in [3.05, 3.63) is 29.7 Å². The van der Waals surface area contributed by atoms with E-state index in [9.17, 15) is 18.4 Å². The Morgan fingerprint density at radius 3 is 2.35 bits per heavy atom. The average molecular weight is 563 g/mol. The van der Waals surface area contributed by atoms with Crippen LogP contribution in [-0.4, -0.2) is 56.0 Å². The molecule has 3 aliphatic rings. The lowest BCUT2D eigenvalue weighted by Crippen LogP contribution is -2.44. The summed E-state index contributed by atoms with van der Waals surface area (Å²) in [5, 5.41) is 22.8. The number of amides is 2. The molecule has 2 aromatic rings. The highest BCUT2D eigenvalue weighted by Crippen LogP contribution is 2.44. The van der Waals surface area contributed by atoms with Gasteiger partial charge in [0.25, 0.3) is 0 Å². The fourth-order valence-corrected chi connectivity index (χ4v) is 5.72. The van der Waals surface area contributed by atoms with Gasteiger partial charge in [-0.3, -0.25) is 0 Å². The number of halogens is 2. The topological polar surface area (TPSA) is 130 Å². The normalized spacial score (nSPS) is 21.9. The van der Waals surface area contributed by atoms with E-state index in [1.165, 1.54) is 0 Å². The van der Waals surface area contributed by atoms with Crippen LogP contribution in [0.1, 0.15) is 95.5 Å². The first kappa shape index (κ1) is 28.5. The maximum Gasteiger partial charge on any atom is 0.408 e. The number of nitrogens with one attached hydrogen (secondary N) is 3. The summed E-state index contributed by atoms with van der Waals surface area (Å²) >= 11 is 0. The molecule has 0 aliphatic heterocycles. The van der Waals surface area contributed by atoms with Crippen molar-refractivity contribution in [2.24, 2.45) is 17.8 Å². The summed E-state index contributed by atoms with van der Waals surface area (Å²) in [5.74, 6) is -2.01. The van der Waals surface area contributed by atoms with Crippen LogP contribution in [-0.2, 0) is 4.74 Å². The van der Waals surface area contributed by atoms with Gasteiger partial charge in [-0.05, 0) is 88.7 Å². The number of nitrogens with zero attached hydrogens (tertiary/aromatic N) is 3. The predicted molar refractivity (Wildman–Crippen MR) is 143 cm³/mol. The lowest BCUT2D eigenvalue weighted by atomic mass is 9.81. The van der Waals surface area contributed by atoms with Crippen LogP contribution < -0.4 is 16.0 Å². The second-order valence-electron chi connectivity index (χ2n) is 12.7. The van der Waals surface area contributed by atoms with Crippen molar-refractivity contribution in [2.45, 2.75) is 102 Å². The summed E-state index contributed by atoms with van der Waals surface area (Å²) in [6.45, 7) is 5.67. The Labute approximate surface area is 232 Å². The molecule has 220 valence electrons. The van der Waals surface area contributed by atoms with Crippen LogP contribution in [0.3, 0.4) is 0 Å². The monoisotopic (exact) mass is 562 g/mol. The van der Waals surface area contributed by atoms with Gasteiger partial charge in [0.05, 0.1) is 24.1 Å². The van der Waals surface area contributed by atoms with Crippen LogP contribution in [0.25, 0.3) is 5.65 Å². The molecule has 3 atom stereocenters. The SMILES string of the molecule is CC(C)(C)OC(=O)N[C@H](c1cn2ncc([C@H](N[C@@H](CNC(=O)O)C3CC3)C3CC3)cc2n1)C1CCC(F)(F)CC1. The third-order valence-electron chi connectivity index (χ3n) is 8.09. The van der Waals surface area contributed by atoms with Crippen LogP contribution in [0, 0.1) is 17.8 Å². The zero-order chi connectivity index (χ0) is 28.7. The summed E-state index contributed by atoms with van der Waals surface area (Å²) in [7, 11) is 0. The van der Waals surface area contributed by atoms with Crippen LogP contribution in [0.15, 0.2) is 18.5 Å². The molecule has 0 spiro atoms. The number of carboxylic acid groups (broad SMARTS) is 1. The Kier molecular flexibility index (Phi) is 7.91. The van der Waals surface area contributed by atoms with Crippen molar-refractivity contribution >= 4 is 17.8 Å². The maximum atomic E-state index is 13.9. The summed E-state index contributed by atoms with van der Waals surface area (Å²) in [6.07, 6.45) is 6.31. The number of hydrogen-bond acceptors (Lipinski definition) is 6. The molecule has 2 aromatic heterocycles. The summed E-state index contributed by atoms with van der Waals surface area (Å²) in [5.41, 5.74) is 1.43. The number of alkyl carbamates (subject to hydrolysis) is 1. The number of rotatable bonds is 10. The van der Waals surface area contributed by atoms with Crippen molar-refractivity contribution in [1.82, 2.24) is 30.5 Å². The number of hydrogen-bond donors (Lipinski definition) is 4. The summed E-state index contributed by atoms with van der Waals surface area (Å²) < 4.78 is 35.0. The van der Waals surface area contributed by atoms with Gasteiger partial charge >= 0.3 is 12.2 Å². The second-order valence-corrected chi connectivity index (χ2v) is 12.7. The highest BCUT2D eigenvalue weighted by atomic mass is 19.3. The molecule has 3 aliphatic carbocycles. The van der Waals surface area contributed by atoms with E-state index in [1.807, 2.05) is 6.07 Å². The van der Waals surface area contributed by atoms with Gasteiger partial charge in [-0.25, -0.2) is 27.9 Å². The Hall–Kier alpha value is -3.02. The van der Waals surface area contributed by atoms with Gasteiger partial charge in [0.2, 0.25) is 5.92 Å². The molecule has 4 N–H and O–H groups in total. The largest absolute Gasteiger partial charge is 0.465 e. The number of aromatic nitrogens is 3. The number of carbonyl (C=O) groups is 2. The van der Waals surface area contributed by atoms with Gasteiger partial charge in [0, 0.05) is 31.5 Å². The minimum absolute atomic E-state index is 0.0232. The quantitative estimate of drug-likeness (QED) is 0.313. The molecule has 3 saturated carbocycles. The molecule has 12 heteroatoms. The first-order valence-electron chi connectivity index (χ1n) is 14.3. The molecule has 40 heavy (non-hydrogen) atoms. The Morgan fingerprint density at radius 2 is 1.75 bits per heavy atom. The van der Waals surface area contributed by atoms with Crippen LogP contribution in [0.4, 0.5) is 18.4 Å². The molecule has 3 fully saturated rings. The summed E-state index contributed by atoms with van der Waals surface area (Å²) in [4.78, 5) is 28.6. The standard InChI is InChI=1S/C28H40F2N6O4/c1-27(2,3)40-26(39)35-24(18-8-10-28(29,30)11-9-18)21-15-36-22(33-21)12-19(13-32-36)23(17-6-7-17)34-20(16-4-5-16)14-31-25(37)38/h12-13,15-18,20,23-24,31,34H,4-11,14H2,1-3H3,(H,35,39)(H,37,38)/t20-,23+,24-/m0/s1. The first-order chi connectivity index (χ1) is 18.9. The van der Waals surface area contributed by atoms with Gasteiger partial charge in [-0.15, -0.1) is 0 Å². The van der Waals surface area contributed by atoms with E-state index < -0.39 is 29.8 Å². The molecule has 0 bridgehead atoms. The highest BCUT2D eigenvalue weighted by molar-refractivity contribution is 5.68. The minimum Gasteiger partial charge on any atom is -0.465 e. The van der Waals surface area contributed by atoms with Gasteiger partial charge in [0.15, 0.2) is 5.65 Å². The number of alkyl halides is 2. The van der Waals surface area contributed by atoms with E-state index in [0.29, 0.717) is 29.7 Å². The van der Waals surface area contributed by atoms with Crippen molar-refractivity contribution in [3.63, 3.8) is 0 Å². The lowest BCUT2D eigenvalue weighted by molar-refractivity contribution is -0.0500. The van der Waals surface area contributed by atoms with Crippen molar-refractivity contribution in [2.75, 3.05) is 6.54 Å². The fourth-order valence-electron chi connectivity index (χ4n) is 5.72. The van der Waals surface area contributed by atoms with Gasteiger partial charge < -0.3 is 25.8 Å². The van der Waals surface area contributed by atoms with E-state index in [4.69, 9.17) is 14.8 Å². The first-order valence-corrected chi connectivity index (χ1v) is 14.3. The molecule has 10 nitrogen and oxygen atoms in total. The second kappa shape index (κ2) is 11.1. The Balaban J connectivity index is 1.38. The maximum absolute atomic E-state index is 13.9. The molecule has 0 radical (unpaired) electrons. The van der Waals surface area contributed by atoms with Crippen LogP contribution in [0.5, 0.6) is 0 Å². The lowest BCUT2D eigenvalue weighted by Gasteiger charge is -2.33. The van der Waals surface area contributed by atoms with E-state index in [-0.39, 0.29) is 43.7 Å². The number of carbonyl (C=O) groups excluding carboxylic acids is 1. The molecule has 2 heterocycles. The summed E-state index contributed by atoms with van der Waals surface area (Å²) in [6, 6.07) is 1.45. The molecular weight excluding hydrogens is 522 g/mol. The van der Waals surface area contributed by atoms with Crippen LogP contribution >= 0.6 is 0 Å². The zero-order valence-corrected chi connectivity index (χ0v) is 23.3. The van der Waals surface area contributed by atoms with Crippen molar-refractivity contribution in [3.8, 4) is 0 Å². The molecule has 5 rings (SSSR count). The molecular formula is C28H40F2N6O4. The molecule has 0 aromatic carbocycles. The van der Waals surface area contributed by atoms with Gasteiger partial charge in [-0.2, -0.15) is 5.10 Å². The molecule has 0 saturated heterocycles. The van der Waals surface area contributed by atoms with E-state index >= 15 is 0 Å². The molecule has 0 unspecified atom stereocenters. The number of ether oxygens (including phenoxy) is 1. The van der Waals surface area contributed by atoms with Gasteiger partial charge in [0.1, 0.15) is 5.60 Å². The molecule has 2 amide bonds. The smallest absolute Gasteiger partial charge is 0.408 e. The Bertz CT molecular complexity index is 1210. The van der Waals surface area contributed by atoms with Crippen LogP contribution in [0.2, 0.25) is 0 Å². The predicted octanol–water partition coefficient (Wildman–Crippen LogP) is 5.21. The average Bonchev–Trinajstić information content (AvgIpc) is 3.79. The van der Waals surface area contributed by atoms with Crippen molar-refractivity contribution < 1.29 is 28.2 Å². The van der Waals surface area contributed by atoms with E-state index in [2.05, 4.69) is 21.0 Å². The number of imidazole rings is 1. The Morgan fingerprint density at radius 1 is 1.10 bits per heavy atom.